The lowest BCUT2D eigenvalue weighted by atomic mass is 10.1. The van der Waals surface area contributed by atoms with Crippen LogP contribution in [0.15, 0.2) is 23.1 Å². The molecule has 0 aliphatic heterocycles. The van der Waals surface area contributed by atoms with Gasteiger partial charge in [0.1, 0.15) is 4.90 Å². The molecule has 0 spiro atoms. The van der Waals surface area contributed by atoms with Crippen LogP contribution in [-0.2, 0) is 10.0 Å². The zero-order valence-electron chi connectivity index (χ0n) is 11.4. The molecular formula is C13H19N3O2S. The van der Waals surface area contributed by atoms with Crippen molar-refractivity contribution in [3.05, 3.63) is 23.8 Å². The second-order valence-corrected chi connectivity index (χ2v) is 6.68. The Labute approximate surface area is 114 Å². The molecule has 0 amide bonds. The van der Waals surface area contributed by atoms with E-state index in [1.54, 1.807) is 7.05 Å². The third kappa shape index (κ3) is 3.46. The summed E-state index contributed by atoms with van der Waals surface area (Å²) in [4.78, 5) is 0.0531. The van der Waals surface area contributed by atoms with Crippen LogP contribution in [0.4, 0.5) is 5.69 Å². The molecule has 5 nitrogen and oxygen atoms in total. The fraction of sp³-hybridized carbons (Fsp3) is 0.462. The van der Waals surface area contributed by atoms with E-state index in [4.69, 9.17) is 11.0 Å². The highest BCUT2D eigenvalue weighted by Crippen LogP contribution is 2.23. The number of sulfonamides is 1. The van der Waals surface area contributed by atoms with Gasteiger partial charge >= 0.3 is 0 Å². The van der Waals surface area contributed by atoms with Crippen LogP contribution in [0.1, 0.15) is 25.8 Å². The van der Waals surface area contributed by atoms with Crippen molar-refractivity contribution < 1.29 is 8.42 Å². The molecule has 1 unspecified atom stereocenters. The van der Waals surface area contributed by atoms with Gasteiger partial charge in [0.15, 0.2) is 0 Å². The number of hydrogen-bond donors (Lipinski definition) is 1. The maximum Gasteiger partial charge on any atom is 0.244 e. The van der Waals surface area contributed by atoms with Crippen LogP contribution in [-0.4, -0.2) is 26.3 Å². The monoisotopic (exact) mass is 281 g/mol. The summed E-state index contributed by atoms with van der Waals surface area (Å²) in [6, 6.07) is 6.15. The topological polar surface area (TPSA) is 87.2 Å². The molecule has 0 heterocycles. The number of nitrogens with zero attached hydrogens (tertiary/aromatic N) is 2. The van der Waals surface area contributed by atoms with Gasteiger partial charge in [-0.3, -0.25) is 0 Å². The summed E-state index contributed by atoms with van der Waals surface area (Å²) < 4.78 is 26.0. The van der Waals surface area contributed by atoms with Gasteiger partial charge in [-0.25, -0.2) is 12.7 Å². The van der Waals surface area contributed by atoms with Gasteiger partial charge in [-0.1, -0.05) is 20.3 Å². The standard InChI is InChI=1S/C13H19N3O2S/c1-4-10(2)9-16(3)19(17,18)13-6-5-11(8-14)7-12(13)15/h5-7,10H,4,9,15H2,1-3H3. The van der Waals surface area contributed by atoms with E-state index in [1.165, 1.54) is 22.5 Å². The first kappa shape index (κ1) is 15.5. The molecule has 19 heavy (non-hydrogen) atoms. The third-order valence-corrected chi connectivity index (χ3v) is 4.99. The SMILES string of the molecule is CCC(C)CN(C)S(=O)(=O)c1ccc(C#N)cc1N. The number of nitrogens with two attached hydrogens (primary N) is 1. The number of nitrogen functional groups attached to an aromatic ring is 1. The molecule has 1 aromatic rings. The summed E-state index contributed by atoms with van der Waals surface area (Å²) in [6.45, 7) is 4.45. The molecule has 0 bridgehead atoms. The van der Waals surface area contributed by atoms with Crippen molar-refractivity contribution in [3.63, 3.8) is 0 Å². The lowest BCUT2D eigenvalue weighted by Crippen LogP contribution is -2.31. The Morgan fingerprint density at radius 1 is 1.47 bits per heavy atom. The number of nitriles is 1. The van der Waals surface area contributed by atoms with E-state index in [-0.39, 0.29) is 16.5 Å². The summed E-state index contributed by atoms with van der Waals surface area (Å²) in [5.41, 5.74) is 6.18. The molecule has 0 aliphatic carbocycles. The molecule has 0 saturated carbocycles. The molecule has 0 saturated heterocycles. The van der Waals surface area contributed by atoms with Gasteiger partial charge in [-0.2, -0.15) is 5.26 Å². The smallest absolute Gasteiger partial charge is 0.244 e. The average Bonchev–Trinajstić information content (AvgIpc) is 2.37. The lowest BCUT2D eigenvalue weighted by molar-refractivity contribution is 0.394. The number of rotatable bonds is 5. The minimum absolute atomic E-state index is 0.0531. The zero-order valence-corrected chi connectivity index (χ0v) is 12.2. The maximum absolute atomic E-state index is 12.4. The predicted molar refractivity (Wildman–Crippen MR) is 74.8 cm³/mol. The minimum Gasteiger partial charge on any atom is -0.398 e. The molecule has 2 N–H and O–H groups in total. The first-order chi connectivity index (χ1) is 8.82. The molecule has 6 heteroatoms. The molecule has 1 rings (SSSR count). The van der Waals surface area contributed by atoms with E-state index in [2.05, 4.69) is 0 Å². The number of benzene rings is 1. The van der Waals surface area contributed by atoms with Crippen LogP contribution < -0.4 is 5.73 Å². The van der Waals surface area contributed by atoms with Crippen LogP contribution in [0.25, 0.3) is 0 Å². The van der Waals surface area contributed by atoms with Crippen molar-refractivity contribution in [1.29, 1.82) is 5.26 Å². The zero-order chi connectivity index (χ0) is 14.6. The van der Waals surface area contributed by atoms with Gasteiger partial charge in [0, 0.05) is 13.6 Å². The first-order valence-corrected chi connectivity index (χ1v) is 7.52. The van der Waals surface area contributed by atoms with Gasteiger partial charge in [-0.15, -0.1) is 0 Å². The van der Waals surface area contributed by atoms with Crippen molar-refractivity contribution in [2.24, 2.45) is 5.92 Å². The molecule has 104 valence electrons. The average molecular weight is 281 g/mol. The van der Waals surface area contributed by atoms with E-state index in [0.717, 1.165) is 6.42 Å². The fourth-order valence-electron chi connectivity index (χ4n) is 1.69. The Morgan fingerprint density at radius 3 is 2.58 bits per heavy atom. The van der Waals surface area contributed by atoms with E-state index in [1.807, 2.05) is 19.9 Å². The lowest BCUT2D eigenvalue weighted by Gasteiger charge is -2.21. The van der Waals surface area contributed by atoms with E-state index >= 15 is 0 Å². The Morgan fingerprint density at radius 2 is 2.11 bits per heavy atom. The molecule has 1 aromatic carbocycles. The normalized spacial score (nSPS) is 13.2. The number of hydrogen-bond acceptors (Lipinski definition) is 4. The van der Waals surface area contributed by atoms with Gasteiger partial charge < -0.3 is 5.73 Å². The highest BCUT2D eigenvalue weighted by atomic mass is 32.2. The molecule has 1 atom stereocenters. The molecule has 0 aliphatic rings. The Hall–Kier alpha value is -1.58. The molecular weight excluding hydrogens is 262 g/mol. The van der Waals surface area contributed by atoms with Crippen LogP contribution in [0.2, 0.25) is 0 Å². The predicted octanol–water partition coefficient (Wildman–Crippen LogP) is 1.81. The quantitative estimate of drug-likeness (QED) is 0.834. The van der Waals surface area contributed by atoms with Gasteiger partial charge in [0.25, 0.3) is 0 Å². The highest BCUT2D eigenvalue weighted by Gasteiger charge is 2.24. The summed E-state index contributed by atoms with van der Waals surface area (Å²) in [6.07, 6.45) is 0.905. The summed E-state index contributed by atoms with van der Waals surface area (Å²) >= 11 is 0. The van der Waals surface area contributed by atoms with E-state index in [9.17, 15) is 8.42 Å². The largest absolute Gasteiger partial charge is 0.398 e. The first-order valence-electron chi connectivity index (χ1n) is 6.08. The van der Waals surface area contributed by atoms with Crippen LogP contribution in [0, 0.1) is 17.2 Å². The van der Waals surface area contributed by atoms with Crippen molar-refractivity contribution >= 4 is 15.7 Å². The summed E-state index contributed by atoms with van der Waals surface area (Å²) in [5.74, 6) is 0.277. The molecule has 0 radical (unpaired) electrons. The van der Waals surface area contributed by atoms with Gasteiger partial charge in [-0.05, 0) is 24.1 Å². The van der Waals surface area contributed by atoms with Crippen LogP contribution in [0.3, 0.4) is 0 Å². The molecule has 0 aromatic heterocycles. The summed E-state index contributed by atoms with van der Waals surface area (Å²) in [5, 5.41) is 8.75. The Bertz CT molecular complexity index is 590. The third-order valence-electron chi connectivity index (χ3n) is 3.09. The van der Waals surface area contributed by atoms with Crippen LogP contribution >= 0.6 is 0 Å². The summed E-state index contributed by atoms with van der Waals surface area (Å²) in [7, 11) is -2.06. The van der Waals surface area contributed by atoms with E-state index in [0.29, 0.717) is 12.1 Å². The fourth-order valence-corrected chi connectivity index (χ4v) is 3.07. The van der Waals surface area contributed by atoms with Gasteiger partial charge in [0.05, 0.1) is 17.3 Å². The van der Waals surface area contributed by atoms with Crippen LogP contribution in [0.5, 0.6) is 0 Å². The van der Waals surface area contributed by atoms with Crippen molar-refractivity contribution in [2.45, 2.75) is 25.2 Å². The maximum atomic E-state index is 12.4. The second kappa shape index (κ2) is 6.04. The van der Waals surface area contributed by atoms with E-state index < -0.39 is 10.0 Å². The van der Waals surface area contributed by atoms with Gasteiger partial charge in [0.2, 0.25) is 10.0 Å². The van der Waals surface area contributed by atoms with Crippen molar-refractivity contribution in [1.82, 2.24) is 4.31 Å². The van der Waals surface area contributed by atoms with Crippen molar-refractivity contribution in [2.75, 3.05) is 19.3 Å². The van der Waals surface area contributed by atoms with Crippen molar-refractivity contribution in [3.8, 4) is 6.07 Å². The highest BCUT2D eigenvalue weighted by molar-refractivity contribution is 7.89. The molecule has 0 fully saturated rings. The number of anilines is 1. The minimum atomic E-state index is -3.60. The Balaban J connectivity index is 3.10. The Kier molecular flexibility index (Phi) is 4.92. The second-order valence-electron chi connectivity index (χ2n) is 4.66.